The van der Waals surface area contributed by atoms with Crippen molar-refractivity contribution in [2.75, 3.05) is 0 Å². The molecule has 0 heterocycles. The van der Waals surface area contributed by atoms with Gasteiger partial charge in [0.25, 0.3) is 0 Å². The summed E-state index contributed by atoms with van der Waals surface area (Å²) in [6.45, 7) is 2.00. The fourth-order valence-corrected chi connectivity index (χ4v) is 0. The molecule has 0 aliphatic rings. The molecule has 0 aromatic carbocycles. The van der Waals surface area contributed by atoms with Crippen molar-refractivity contribution in [3.63, 3.8) is 0 Å². The van der Waals surface area contributed by atoms with E-state index in [9.17, 15) is 0 Å². The molecule has 0 amide bonds. The third kappa shape index (κ3) is 240. The molecule has 0 atom stereocenters. The summed E-state index contributed by atoms with van der Waals surface area (Å²) in [7, 11) is 0. The summed E-state index contributed by atoms with van der Waals surface area (Å²) in [4.78, 5) is 8.00. The molecule has 0 unspecified atom stereocenters. The van der Waals surface area contributed by atoms with Crippen LogP contribution in [0.3, 0.4) is 0 Å². The van der Waals surface area contributed by atoms with Crippen LogP contribution in [0.5, 0.6) is 0 Å². The lowest BCUT2D eigenvalue weighted by molar-refractivity contribution is -0.0979. The highest BCUT2D eigenvalue weighted by molar-refractivity contribution is 7.85. The van der Waals surface area contributed by atoms with Crippen LogP contribution in [0.1, 0.15) is 0 Å². The standard InChI is InChI=1S/2CHNS.CH2O/c2*2-1-3;1-2/h2*3H;1H2. The van der Waals surface area contributed by atoms with Crippen LogP contribution in [-0.4, -0.2) is 6.79 Å². The van der Waals surface area contributed by atoms with Gasteiger partial charge >= 0.3 is 0 Å². The smallest absolute Gasteiger partial charge is 0.130 e. The zero-order chi connectivity index (χ0) is 7.41. The fraction of sp³-hybridized carbons (Fsp3) is 0. The zero-order valence-corrected chi connectivity index (χ0v) is 5.69. The first kappa shape index (κ1) is 15.7. The molecular formula is C3H4N2OS2. The van der Waals surface area contributed by atoms with Crippen molar-refractivity contribution >= 4 is 32.0 Å². The van der Waals surface area contributed by atoms with E-state index < -0.39 is 0 Å². The second-order valence-corrected chi connectivity index (χ2v) is 0.600. The van der Waals surface area contributed by atoms with E-state index in [4.69, 9.17) is 15.3 Å². The second kappa shape index (κ2) is 99.7. The number of hydrogen-bond acceptors (Lipinski definition) is 5. The van der Waals surface area contributed by atoms with Crippen molar-refractivity contribution in [3.05, 3.63) is 0 Å². The van der Waals surface area contributed by atoms with E-state index in [0.29, 0.717) is 0 Å². The molecule has 0 fully saturated rings. The maximum atomic E-state index is 8.00. The van der Waals surface area contributed by atoms with Crippen molar-refractivity contribution < 1.29 is 4.79 Å². The van der Waals surface area contributed by atoms with Gasteiger partial charge in [0.15, 0.2) is 0 Å². The minimum atomic E-state index is 1.44. The Balaban J connectivity index is -0.0000000483. The van der Waals surface area contributed by atoms with Crippen molar-refractivity contribution in [1.82, 2.24) is 0 Å². The van der Waals surface area contributed by atoms with E-state index >= 15 is 0 Å². The average molecular weight is 148 g/mol. The average Bonchev–Trinajstić information content (AvgIpc) is 1.75. The summed E-state index contributed by atoms with van der Waals surface area (Å²) in [5, 5.41) is 17.3. The normalized spacial score (nSPS) is 2.50. The Morgan fingerprint density at radius 2 is 1.12 bits per heavy atom. The topological polar surface area (TPSA) is 64.7 Å². The minimum absolute atomic E-state index is 1.44. The van der Waals surface area contributed by atoms with Gasteiger partial charge in [0.2, 0.25) is 0 Å². The molecular weight excluding hydrogens is 144 g/mol. The third-order valence-corrected chi connectivity index (χ3v) is 0. The van der Waals surface area contributed by atoms with E-state index in [0.717, 1.165) is 0 Å². The fourth-order valence-electron chi connectivity index (χ4n) is 0. The van der Waals surface area contributed by atoms with Crippen LogP contribution in [-0.2, 0) is 4.79 Å². The number of nitrogens with zero attached hydrogens (tertiary/aromatic N) is 2. The molecule has 0 saturated heterocycles. The quantitative estimate of drug-likeness (QED) is 0.391. The molecule has 0 aromatic rings. The summed E-state index contributed by atoms with van der Waals surface area (Å²) in [5.41, 5.74) is 0. The van der Waals surface area contributed by atoms with E-state index in [1.807, 2.05) is 6.79 Å². The van der Waals surface area contributed by atoms with E-state index in [1.165, 1.54) is 10.8 Å². The maximum Gasteiger partial charge on any atom is 0.130 e. The predicted molar refractivity (Wildman–Crippen MR) is 36.3 cm³/mol. The monoisotopic (exact) mass is 148 g/mol. The van der Waals surface area contributed by atoms with Gasteiger partial charge in [-0.25, -0.2) is 0 Å². The van der Waals surface area contributed by atoms with Crippen LogP contribution in [0, 0.1) is 21.3 Å². The lowest BCUT2D eigenvalue weighted by Crippen LogP contribution is -0.961. The van der Waals surface area contributed by atoms with E-state index in [-0.39, 0.29) is 0 Å². The first-order chi connectivity index (χ1) is 3.83. The van der Waals surface area contributed by atoms with Gasteiger partial charge < -0.3 is 4.79 Å². The molecule has 0 spiro atoms. The SMILES string of the molecule is C=O.N#CS.N#CS. The molecule has 0 N–H and O–H groups in total. The summed E-state index contributed by atoms with van der Waals surface area (Å²) in [6, 6.07) is 0. The molecule has 0 bridgehead atoms. The Morgan fingerprint density at radius 1 is 1.12 bits per heavy atom. The van der Waals surface area contributed by atoms with Gasteiger partial charge in [0.1, 0.15) is 17.6 Å². The number of carbonyl (C=O) groups is 1. The van der Waals surface area contributed by atoms with Crippen LogP contribution in [0.2, 0.25) is 0 Å². The van der Waals surface area contributed by atoms with Crippen LogP contribution >= 0.6 is 25.3 Å². The maximum absolute atomic E-state index is 8.00. The Hall–Kier alpha value is -0.650. The molecule has 8 heavy (non-hydrogen) atoms. The summed E-state index contributed by atoms with van der Waals surface area (Å²) in [6.07, 6.45) is 0. The third-order valence-electron chi connectivity index (χ3n) is 0. The lowest BCUT2D eigenvalue weighted by atomic mass is 11.8. The number of carbonyl (C=O) groups excluding carboxylic acids is 1. The number of thiocyanates is 2. The van der Waals surface area contributed by atoms with Crippen LogP contribution in [0.25, 0.3) is 0 Å². The van der Waals surface area contributed by atoms with Crippen molar-refractivity contribution in [2.45, 2.75) is 0 Å². The van der Waals surface area contributed by atoms with Crippen LogP contribution in [0.15, 0.2) is 0 Å². The van der Waals surface area contributed by atoms with Gasteiger partial charge in [0.05, 0.1) is 0 Å². The second-order valence-electron chi connectivity index (χ2n) is 0.200. The highest BCUT2D eigenvalue weighted by Crippen LogP contribution is 1.46. The molecule has 5 heteroatoms. The Labute approximate surface area is 58.7 Å². The number of thiol groups is 2. The highest BCUT2D eigenvalue weighted by atomic mass is 32.1. The van der Waals surface area contributed by atoms with Crippen molar-refractivity contribution in [2.24, 2.45) is 0 Å². The Kier molecular flexibility index (Phi) is 195. The Morgan fingerprint density at radius 3 is 1.12 bits per heavy atom. The van der Waals surface area contributed by atoms with Gasteiger partial charge in [-0.05, 0) is 0 Å². The minimum Gasteiger partial charge on any atom is -0.307 e. The van der Waals surface area contributed by atoms with Crippen molar-refractivity contribution in [1.29, 1.82) is 10.5 Å². The molecule has 0 radical (unpaired) electrons. The molecule has 44 valence electrons. The van der Waals surface area contributed by atoms with Gasteiger partial charge in [-0.3, -0.25) is 0 Å². The van der Waals surface area contributed by atoms with Crippen molar-refractivity contribution in [3.8, 4) is 10.8 Å². The lowest BCUT2D eigenvalue weighted by Gasteiger charge is -1.14. The largest absolute Gasteiger partial charge is 0.307 e. The van der Waals surface area contributed by atoms with Crippen LogP contribution in [0.4, 0.5) is 0 Å². The first-order valence-corrected chi connectivity index (χ1v) is 2.08. The van der Waals surface area contributed by atoms with Gasteiger partial charge in [-0.15, -0.1) is 0 Å². The van der Waals surface area contributed by atoms with Crippen LogP contribution < -0.4 is 0 Å². The number of hydrogen-bond donors (Lipinski definition) is 2. The molecule has 0 saturated carbocycles. The first-order valence-electron chi connectivity index (χ1n) is 1.18. The summed E-state index contributed by atoms with van der Waals surface area (Å²) < 4.78 is 0. The number of nitriles is 2. The highest BCUT2D eigenvalue weighted by Gasteiger charge is 1.18. The van der Waals surface area contributed by atoms with E-state index in [1.54, 1.807) is 0 Å². The Bertz CT molecular complexity index is 80.4. The number of rotatable bonds is 0. The van der Waals surface area contributed by atoms with Gasteiger partial charge in [-0.2, -0.15) is 10.5 Å². The van der Waals surface area contributed by atoms with E-state index in [2.05, 4.69) is 25.3 Å². The summed E-state index contributed by atoms with van der Waals surface area (Å²) in [5.74, 6) is 0. The zero-order valence-electron chi connectivity index (χ0n) is 3.90. The molecule has 0 aromatic heterocycles. The molecule has 0 rings (SSSR count). The molecule has 3 nitrogen and oxygen atoms in total. The van der Waals surface area contributed by atoms with Gasteiger partial charge in [0, 0.05) is 0 Å². The molecule has 0 aliphatic carbocycles. The van der Waals surface area contributed by atoms with Gasteiger partial charge in [-0.1, -0.05) is 25.3 Å². The predicted octanol–water partition coefficient (Wildman–Crippen LogP) is 0.610. The summed E-state index contributed by atoms with van der Waals surface area (Å²) >= 11 is 6.19. The molecule has 0 aliphatic heterocycles.